The molecule has 5 N–H and O–H groups in total. The van der Waals surface area contributed by atoms with E-state index < -0.39 is 41.7 Å². The van der Waals surface area contributed by atoms with Crippen molar-refractivity contribution in [3.05, 3.63) is 22.2 Å². The number of Topliss-reactive ketones (excluding diaryl/α,β-unsaturated/α-hetero) is 1. The van der Waals surface area contributed by atoms with Crippen LogP contribution in [0, 0.1) is 5.92 Å². The van der Waals surface area contributed by atoms with Crippen LogP contribution in [-0.2, 0) is 19.3 Å². The summed E-state index contributed by atoms with van der Waals surface area (Å²) in [5.41, 5.74) is 0.589. The number of aromatic nitrogens is 2. The van der Waals surface area contributed by atoms with Gasteiger partial charge in [0, 0.05) is 6.20 Å². The molecule has 1 aromatic heterocycles. The number of carbonyl (C=O) groups is 3. The second kappa shape index (κ2) is 18.2. The number of hydrogen-bond donors (Lipinski definition) is 4. The zero-order valence-electron chi connectivity index (χ0n) is 25.6. The molecular weight excluding hydrogens is 530 g/mol. The minimum Gasteiger partial charge on any atom is -0.481 e. The zero-order chi connectivity index (χ0) is 31.1. The standard InChI is InChI=1S/C28H49N7O6/c1-8-10-11-12-13-34(7)17-24(36)20(14-25(37)38)32-27(39)23(9-2)35-16-22(19(5)6)31-26(28(35)40)30-15-21(18(3)4)33-41-29/h16,18-20,23H,8-15,17,29H2,1-7H3,(H,30,31)(H,32,39)(H,37,38)/b33-21-. The SMILES string of the molecule is CCCCCCN(C)CC(=O)C(CC(=O)O)NC(=O)C(CC)n1cc(C(C)C)nc(NC/C(=N/ON)C(C)C)c1=O. The van der Waals surface area contributed by atoms with Crippen LogP contribution in [0.4, 0.5) is 5.82 Å². The molecule has 0 radical (unpaired) electrons. The fraction of sp³-hybridized carbons (Fsp3) is 0.714. The van der Waals surface area contributed by atoms with Crippen LogP contribution in [0.2, 0.25) is 0 Å². The highest BCUT2D eigenvalue weighted by molar-refractivity contribution is 5.94. The molecule has 0 saturated carbocycles. The molecule has 1 heterocycles. The summed E-state index contributed by atoms with van der Waals surface area (Å²) >= 11 is 0. The molecule has 0 spiro atoms. The van der Waals surface area contributed by atoms with E-state index in [1.54, 1.807) is 14.0 Å². The number of oxime groups is 1. The minimum absolute atomic E-state index is 0.00810. The normalized spacial score (nSPS) is 13.4. The number of nitrogens with zero attached hydrogens (tertiary/aromatic N) is 4. The second-order valence-electron chi connectivity index (χ2n) is 10.9. The molecule has 1 rings (SSSR count). The quantitative estimate of drug-likeness (QED) is 0.102. The predicted molar refractivity (Wildman–Crippen MR) is 159 cm³/mol. The van der Waals surface area contributed by atoms with Gasteiger partial charge in [-0.15, -0.1) is 5.90 Å². The van der Waals surface area contributed by atoms with Crippen molar-refractivity contribution in [2.75, 3.05) is 32.0 Å². The van der Waals surface area contributed by atoms with E-state index in [1.165, 1.54) is 10.8 Å². The lowest BCUT2D eigenvalue weighted by molar-refractivity contribution is -0.140. The highest BCUT2D eigenvalue weighted by Crippen LogP contribution is 2.17. The van der Waals surface area contributed by atoms with E-state index in [2.05, 4.69) is 32.6 Å². The van der Waals surface area contributed by atoms with Gasteiger partial charge in [0.15, 0.2) is 11.6 Å². The highest BCUT2D eigenvalue weighted by Gasteiger charge is 2.29. The molecule has 2 unspecified atom stereocenters. The number of unbranched alkanes of at least 4 members (excludes halogenated alkanes) is 3. The number of likely N-dealkylation sites (N-methyl/N-ethyl adjacent to an activating group) is 1. The molecule has 0 aliphatic heterocycles. The first-order chi connectivity index (χ1) is 19.4. The van der Waals surface area contributed by atoms with Crippen molar-refractivity contribution in [3.8, 4) is 0 Å². The van der Waals surface area contributed by atoms with Crippen molar-refractivity contribution in [2.45, 2.75) is 98.1 Å². The van der Waals surface area contributed by atoms with Crippen LogP contribution in [0.1, 0.15) is 97.7 Å². The monoisotopic (exact) mass is 579 g/mol. The molecule has 0 saturated heterocycles. The van der Waals surface area contributed by atoms with E-state index in [9.17, 15) is 24.3 Å². The number of rotatable bonds is 20. The number of nitrogens with two attached hydrogens (primary N) is 1. The summed E-state index contributed by atoms with van der Waals surface area (Å²) in [7, 11) is 1.80. The van der Waals surface area contributed by atoms with Crippen molar-refractivity contribution in [1.29, 1.82) is 0 Å². The first kappa shape index (κ1) is 35.7. The van der Waals surface area contributed by atoms with E-state index in [-0.39, 0.29) is 37.2 Å². The number of anilines is 1. The lowest BCUT2D eigenvalue weighted by Gasteiger charge is -2.25. The summed E-state index contributed by atoms with van der Waals surface area (Å²) < 4.78 is 1.29. The van der Waals surface area contributed by atoms with Gasteiger partial charge >= 0.3 is 5.97 Å². The lowest BCUT2D eigenvalue weighted by atomic mass is 10.1. The molecule has 41 heavy (non-hydrogen) atoms. The van der Waals surface area contributed by atoms with Gasteiger partial charge in [-0.2, -0.15) is 0 Å². The van der Waals surface area contributed by atoms with E-state index in [0.29, 0.717) is 18.0 Å². The van der Waals surface area contributed by atoms with Gasteiger partial charge in [0.05, 0.1) is 37.0 Å². The maximum absolute atomic E-state index is 13.5. The largest absolute Gasteiger partial charge is 0.481 e. The number of amides is 1. The molecule has 0 aromatic carbocycles. The lowest BCUT2D eigenvalue weighted by Crippen LogP contribution is -2.49. The molecule has 0 aliphatic rings. The van der Waals surface area contributed by atoms with Crippen molar-refractivity contribution in [2.24, 2.45) is 17.0 Å². The topological polar surface area (TPSA) is 181 Å². The first-order valence-corrected chi connectivity index (χ1v) is 14.4. The summed E-state index contributed by atoms with van der Waals surface area (Å²) in [6.07, 6.45) is 5.38. The van der Waals surface area contributed by atoms with Gasteiger partial charge in [0.1, 0.15) is 6.04 Å². The summed E-state index contributed by atoms with van der Waals surface area (Å²) in [4.78, 5) is 62.2. The Kier molecular flexibility index (Phi) is 15.8. The zero-order valence-corrected chi connectivity index (χ0v) is 25.6. The van der Waals surface area contributed by atoms with Gasteiger partial charge in [-0.1, -0.05) is 66.0 Å². The van der Waals surface area contributed by atoms with Crippen molar-refractivity contribution in [3.63, 3.8) is 0 Å². The Hall–Kier alpha value is -3.32. The fourth-order valence-corrected chi connectivity index (χ4v) is 4.20. The van der Waals surface area contributed by atoms with E-state index >= 15 is 0 Å². The van der Waals surface area contributed by atoms with E-state index in [0.717, 1.165) is 25.7 Å². The van der Waals surface area contributed by atoms with Crippen LogP contribution in [-0.4, -0.2) is 75.7 Å². The minimum atomic E-state index is -1.23. The van der Waals surface area contributed by atoms with E-state index in [4.69, 9.17) is 5.90 Å². The van der Waals surface area contributed by atoms with Crippen molar-refractivity contribution >= 4 is 29.2 Å². The van der Waals surface area contributed by atoms with Gasteiger partial charge in [0.25, 0.3) is 5.56 Å². The molecule has 0 aliphatic carbocycles. The van der Waals surface area contributed by atoms with Gasteiger partial charge in [-0.3, -0.25) is 28.6 Å². The summed E-state index contributed by atoms with van der Waals surface area (Å²) in [6.45, 7) is 12.3. The smallest absolute Gasteiger partial charge is 0.305 e. The first-order valence-electron chi connectivity index (χ1n) is 14.4. The van der Waals surface area contributed by atoms with Crippen LogP contribution in [0.25, 0.3) is 0 Å². The average molecular weight is 580 g/mol. The Labute approximate surface area is 242 Å². The van der Waals surface area contributed by atoms with Gasteiger partial charge in [0.2, 0.25) is 5.91 Å². The maximum atomic E-state index is 13.5. The Balaban J connectivity index is 3.24. The third-order valence-electron chi connectivity index (χ3n) is 6.74. The number of carboxylic acid groups (broad SMARTS) is 1. The molecule has 1 aromatic rings. The summed E-state index contributed by atoms with van der Waals surface area (Å²) in [5.74, 6) is 2.80. The van der Waals surface area contributed by atoms with Gasteiger partial charge in [-0.25, -0.2) is 4.98 Å². The number of hydrogen-bond acceptors (Lipinski definition) is 10. The van der Waals surface area contributed by atoms with Crippen LogP contribution < -0.4 is 22.1 Å². The van der Waals surface area contributed by atoms with Crippen LogP contribution >= 0.6 is 0 Å². The van der Waals surface area contributed by atoms with Crippen LogP contribution in [0.3, 0.4) is 0 Å². The molecule has 13 heteroatoms. The molecule has 13 nitrogen and oxygen atoms in total. The average Bonchev–Trinajstić information content (AvgIpc) is 2.89. The Morgan fingerprint density at radius 2 is 1.85 bits per heavy atom. The third-order valence-corrected chi connectivity index (χ3v) is 6.74. The fourth-order valence-electron chi connectivity index (χ4n) is 4.20. The van der Waals surface area contributed by atoms with Crippen molar-refractivity contribution < 1.29 is 24.4 Å². The Morgan fingerprint density at radius 1 is 1.17 bits per heavy atom. The van der Waals surface area contributed by atoms with Crippen molar-refractivity contribution in [1.82, 2.24) is 19.8 Å². The number of ketones is 1. The molecule has 232 valence electrons. The number of carbonyl (C=O) groups excluding carboxylic acids is 2. The number of aliphatic carboxylic acids is 1. The Morgan fingerprint density at radius 3 is 2.39 bits per heavy atom. The summed E-state index contributed by atoms with van der Waals surface area (Å²) in [6, 6.07) is -2.22. The third kappa shape index (κ3) is 12.0. The van der Waals surface area contributed by atoms with Gasteiger partial charge < -0.3 is 20.7 Å². The number of carboxylic acids is 1. The van der Waals surface area contributed by atoms with Crippen LogP contribution in [0.5, 0.6) is 0 Å². The highest BCUT2D eigenvalue weighted by atomic mass is 16.7. The molecule has 0 bridgehead atoms. The summed E-state index contributed by atoms with van der Waals surface area (Å²) in [5, 5.41) is 18.8. The van der Waals surface area contributed by atoms with Gasteiger partial charge in [-0.05, 0) is 38.3 Å². The molecule has 2 atom stereocenters. The predicted octanol–water partition coefficient (Wildman–Crippen LogP) is 2.67. The molecule has 0 fully saturated rings. The maximum Gasteiger partial charge on any atom is 0.305 e. The van der Waals surface area contributed by atoms with E-state index in [1.807, 2.05) is 32.6 Å². The second-order valence-corrected chi connectivity index (χ2v) is 10.9. The number of nitrogens with one attached hydrogen (secondary N) is 2. The molecular formula is C28H49N7O6. The molecule has 1 amide bonds. The Bertz CT molecular complexity index is 1090. The van der Waals surface area contributed by atoms with Crippen LogP contribution in [0.15, 0.2) is 16.1 Å².